The Bertz CT molecular complexity index is 523. The third kappa shape index (κ3) is 10.1. The summed E-state index contributed by atoms with van der Waals surface area (Å²) >= 11 is 3.43. The summed E-state index contributed by atoms with van der Waals surface area (Å²) in [5.74, 6) is 5.57. The number of nitrogens with zero attached hydrogens (tertiary/aromatic N) is 1. The van der Waals surface area contributed by atoms with Crippen molar-refractivity contribution in [2.24, 2.45) is 5.73 Å². The summed E-state index contributed by atoms with van der Waals surface area (Å²) < 4.78 is 5.60. The van der Waals surface area contributed by atoms with Crippen molar-refractivity contribution in [2.45, 2.75) is 44.9 Å². The zero-order chi connectivity index (χ0) is 16.8. The monoisotopic (exact) mass is 380 g/mol. The van der Waals surface area contributed by atoms with Crippen LogP contribution in [-0.2, 0) is 4.74 Å². The average molecular weight is 381 g/mol. The molecule has 0 aliphatic heterocycles. The van der Waals surface area contributed by atoms with Crippen LogP contribution in [0, 0.1) is 11.8 Å². The van der Waals surface area contributed by atoms with E-state index >= 15 is 0 Å². The second-order valence-electron chi connectivity index (χ2n) is 5.27. The SMILES string of the molecule is NC(=O)c1ccnc(C#CCCCCOCCCCCCBr)c1. The number of hydrogen-bond acceptors (Lipinski definition) is 3. The molecule has 1 aromatic heterocycles. The Hall–Kier alpha value is -1.38. The van der Waals surface area contributed by atoms with E-state index in [0.29, 0.717) is 11.3 Å². The molecule has 0 radical (unpaired) electrons. The van der Waals surface area contributed by atoms with Gasteiger partial charge in [-0.2, -0.15) is 0 Å². The molecule has 0 atom stereocenters. The van der Waals surface area contributed by atoms with E-state index in [-0.39, 0.29) is 0 Å². The molecule has 1 aromatic rings. The number of primary amides is 1. The normalized spacial score (nSPS) is 10.1. The van der Waals surface area contributed by atoms with Crippen molar-refractivity contribution in [3.63, 3.8) is 0 Å². The molecule has 4 nitrogen and oxygen atoms in total. The van der Waals surface area contributed by atoms with E-state index in [0.717, 1.165) is 44.2 Å². The molecule has 2 N–H and O–H groups in total. The molecule has 0 aliphatic rings. The Balaban J connectivity index is 2.05. The minimum absolute atomic E-state index is 0.439. The van der Waals surface area contributed by atoms with Gasteiger partial charge in [-0.15, -0.1) is 0 Å². The highest BCUT2D eigenvalue weighted by Gasteiger charge is 1.99. The molecule has 23 heavy (non-hydrogen) atoms. The highest BCUT2D eigenvalue weighted by atomic mass is 79.9. The number of nitrogens with two attached hydrogens (primary N) is 1. The number of alkyl halides is 1. The largest absolute Gasteiger partial charge is 0.381 e. The van der Waals surface area contributed by atoms with Crippen LogP contribution in [-0.4, -0.2) is 29.4 Å². The van der Waals surface area contributed by atoms with Crippen molar-refractivity contribution in [3.8, 4) is 11.8 Å². The Morgan fingerprint density at radius 3 is 2.65 bits per heavy atom. The van der Waals surface area contributed by atoms with Crippen LogP contribution in [0.15, 0.2) is 18.3 Å². The minimum atomic E-state index is -0.459. The zero-order valence-corrected chi connectivity index (χ0v) is 15.1. The number of ether oxygens (including phenoxy) is 1. The fourth-order valence-electron chi connectivity index (χ4n) is 1.98. The first-order valence-corrected chi connectivity index (χ1v) is 9.24. The van der Waals surface area contributed by atoms with Gasteiger partial charge in [0.1, 0.15) is 5.69 Å². The first kappa shape index (κ1) is 19.7. The summed E-state index contributed by atoms with van der Waals surface area (Å²) in [7, 11) is 0. The number of hydrogen-bond donors (Lipinski definition) is 1. The Kier molecular flexibility index (Phi) is 11.2. The molecular weight excluding hydrogens is 356 g/mol. The molecule has 0 fully saturated rings. The van der Waals surface area contributed by atoms with Gasteiger partial charge in [0.05, 0.1) is 0 Å². The van der Waals surface area contributed by atoms with Crippen molar-refractivity contribution < 1.29 is 9.53 Å². The summed E-state index contributed by atoms with van der Waals surface area (Å²) in [5, 5.41) is 1.09. The second-order valence-corrected chi connectivity index (χ2v) is 6.06. The summed E-state index contributed by atoms with van der Waals surface area (Å²) in [6, 6.07) is 3.21. The predicted octanol–water partition coefficient (Wildman–Crippen LogP) is 3.67. The van der Waals surface area contributed by atoms with Crippen molar-refractivity contribution in [3.05, 3.63) is 29.6 Å². The van der Waals surface area contributed by atoms with Gasteiger partial charge in [-0.05, 0) is 43.7 Å². The van der Waals surface area contributed by atoms with E-state index in [1.54, 1.807) is 18.3 Å². The molecule has 0 unspecified atom stereocenters. The topological polar surface area (TPSA) is 65.2 Å². The molecule has 1 amide bonds. The van der Waals surface area contributed by atoms with Gasteiger partial charge in [0.15, 0.2) is 0 Å². The molecule has 0 aliphatic carbocycles. The highest BCUT2D eigenvalue weighted by Crippen LogP contribution is 2.03. The van der Waals surface area contributed by atoms with E-state index in [2.05, 4.69) is 32.8 Å². The number of rotatable bonds is 11. The van der Waals surface area contributed by atoms with Gasteiger partial charge in [0, 0.05) is 36.7 Å². The van der Waals surface area contributed by atoms with Crippen LogP contribution in [0.2, 0.25) is 0 Å². The third-order valence-electron chi connectivity index (χ3n) is 3.27. The number of amides is 1. The zero-order valence-electron chi connectivity index (χ0n) is 13.5. The van der Waals surface area contributed by atoms with Crippen LogP contribution in [0.25, 0.3) is 0 Å². The Morgan fingerprint density at radius 1 is 1.17 bits per heavy atom. The van der Waals surface area contributed by atoms with Gasteiger partial charge in [0.2, 0.25) is 5.91 Å². The quantitative estimate of drug-likeness (QED) is 0.361. The number of halogens is 1. The van der Waals surface area contributed by atoms with Crippen LogP contribution in [0.4, 0.5) is 0 Å². The van der Waals surface area contributed by atoms with Gasteiger partial charge in [-0.1, -0.05) is 34.7 Å². The van der Waals surface area contributed by atoms with Crippen molar-refractivity contribution >= 4 is 21.8 Å². The number of carbonyl (C=O) groups excluding carboxylic acids is 1. The van der Waals surface area contributed by atoms with Gasteiger partial charge in [0.25, 0.3) is 0 Å². The summed E-state index contributed by atoms with van der Waals surface area (Å²) in [6.07, 6.45) is 9.29. The van der Waals surface area contributed by atoms with E-state index in [4.69, 9.17) is 10.5 Å². The molecule has 126 valence electrons. The number of carbonyl (C=O) groups is 1. The van der Waals surface area contributed by atoms with Gasteiger partial charge in [-0.25, -0.2) is 4.98 Å². The first-order valence-electron chi connectivity index (χ1n) is 8.12. The second kappa shape index (κ2) is 13.1. The van der Waals surface area contributed by atoms with E-state index in [1.807, 2.05) is 0 Å². The molecule has 0 saturated carbocycles. The maximum Gasteiger partial charge on any atom is 0.248 e. The van der Waals surface area contributed by atoms with E-state index in [9.17, 15) is 4.79 Å². The molecular formula is C18H25BrN2O2. The Labute approximate surface area is 147 Å². The lowest BCUT2D eigenvalue weighted by atomic mass is 10.2. The van der Waals surface area contributed by atoms with Crippen molar-refractivity contribution in [2.75, 3.05) is 18.5 Å². The molecule has 5 heteroatoms. The lowest BCUT2D eigenvalue weighted by molar-refractivity contribution is 0.1000. The molecule has 0 saturated heterocycles. The smallest absolute Gasteiger partial charge is 0.248 e. The third-order valence-corrected chi connectivity index (χ3v) is 3.83. The first-order chi connectivity index (χ1) is 11.2. The number of aromatic nitrogens is 1. The van der Waals surface area contributed by atoms with Crippen molar-refractivity contribution in [1.82, 2.24) is 4.98 Å². The molecule has 0 aromatic carbocycles. The molecule has 1 heterocycles. The molecule has 0 bridgehead atoms. The summed E-state index contributed by atoms with van der Waals surface area (Å²) in [4.78, 5) is 15.2. The lowest BCUT2D eigenvalue weighted by Gasteiger charge is -2.02. The highest BCUT2D eigenvalue weighted by molar-refractivity contribution is 9.09. The fourth-order valence-corrected chi connectivity index (χ4v) is 2.37. The number of pyridine rings is 1. The lowest BCUT2D eigenvalue weighted by Crippen LogP contribution is -2.11. The fraction of sp³-hybridized carbons (Fsp3) is 0.556. The van der Waals surface area contributed by atoms with Crippen LogP contribution in [0.5, 0.6) is 0 Å². The number of unbranched alkanes of at least 4 members (excludes halogenated alkanes) is 5. The predicted molar refractivity (Wildman–Crippen MR) is 96.6 cm³/mol. The minimum Gasteiger partial charge on any atom is -0.381 e. The maximum absolute atomic E-state index is 11.1. The van der Waals surface area contributed by atoms with Crippen LogP contribution in [0.3, 0.4) is 0 Å². The van der Waals surface area contributed by atoms with E-state index < -0.39 is 5.91 Å². The van der Waals surface area contributed by atoms with Crippen LogP contribution in [0.1, 0.15) is 61.0 Å². The van der Waals surface area contributed by atoms with Gasteiger partial charge >= 0.3 is 0 Å². The van der Waals surface area contributed by atoms with Crippen LogP contribution < -0.4 is 5.73 Å². The van der Waals surface area contributed by atoms with Gasteiger partial charge < -0.3 is 10.5 Å². The average Bonchev–Trinajstić information content (AvgIpc) is 2.56. The molecule has 0 spiro atoms. The summed E-state index contributed by atoms with van der Waals surface area (Å²) in [6.45, 7) is 1.66. The summed E-state index contributed by atoms with van der Waals surface area (Å²) in [5.41, 5.74) is 6.24. The molecule has 1 rings (SSSR count). The van der Waals surface area contributed by atoms with Crippen LogP contribution >= 0.6 is 15.9 Å². The Morgan fingerprint density at radius 2 is 1.91 bits per heavy atom. The standard InChI is InChI=1S/C18H25BrN2O2/c19-11-6-2-4-8-14-23-13-7-3-1-5-9-17-15-16(18(20)22)10-12-21-17/h10,12,15H,1-4,6-8,11,13-14H2,(H2,20,22). The van der Waals surface area contributed by atoms with E-state index in [1.165, 1.54) is 19.3 Å². The van der Waals surface area contributed by atoms with Crippen molar-refractivity contribution in [1.29, 1.82) is 0 Å². The maximum atomic E-state index is 11.1. The van der Waals surface area contributed by atoms with Gasteiger partial charge in [-0.3, -0.25) is 4.79 Å².